The molecule has 0 N–H and O–H groups in total. The Labute approximate surface area is 96.9 Å². The molecule has 0 spiro atoms. The van der Waals surface area contributed by atoms with Crippen molar-refractivity contribution in [3.05, 3.63) is 59.2 Å². The molecule has 0 saturated carbocycles. The van der Waals surface area contributed by atoms with Crippen molar-refractivity contribution in [1.82, 2.24) is 0 Å². The summed E-state index contributed by atoms with van der Waals surface area (Å²) in [7, 11) is 0. The van der Waals surface area contributed by atoms with Gasteiger partial charge in [-0.1, -0.05) is 56.3 Å². The van der Waals surface area contributed by atoms with Crippen molar-refractivity contribution in [2.75, 3.05) is 0 Å². The lowest BCUT2D eigenvalue weighted by Gasteiger charge is -2.07. The lowest BCUT2D eigenvalue weighted by molar-refractivity contribution is 0.864. The van der Waals surface area contributed by atoms with Crippen LogP contribution >= 0.6 is 0 Å². The van der Waals surface area contributed by atoms with Crippen molar-refractivity contribution in [3.8, 4) is 11.1 Å². The van der Waals surface area contributed by atoms with E-state index < -0.39 is 0 Å². The molecule has 2 aromatic rings. The molecule has 0 saturated heterocycles. The highest BCUT2D eigenvalue weighted by molar-refractivity contribution is 5.76. The molecule has 0 heterocycles. The molecule has 1 aliphatic rings. The fourth-order valence-electron chi connectivity index (χ4n) is 2.52. The predicted octanol–water partition coefficient (Wildman–Crippen LogP) is 4.38. The first-order valence-corrected chi connectivity index (χ1v) is 5.97. The molecule has 0 aromatic heterocycles. The minimum absolute atomic E-state index is 0.619. The Morgan fingerprint density at radius 2 is 1.62 bits per heavy atom. The van der Waals surface area contributed by atoms with E-state index in [1.165, 1.54) is 27.8 Å². The van der Waals surface area contributed by atoms with Crippen LogP contribution in [0.3, 0.4) is 0 Å². The predicted molar refractivity (Wildman–Crippen MR) is 68.8 cm³/mol. The van der Waals surface area contributed by atoms with Gasteiger partial charge in [-0.25, -0.2) is 0 Å². The topological polar surface area (TPSA) is 0 Å². The van der Waals surface area contributed by atoms with E-state index in [2.05, 4.69) is 56.3 Å². The van der Waals surface area contributed by atoms with Gasteiger partial charge in [0.25, 0.3) is 0 Å². The molecule has 0 atom stereocenters. The van der Waals surface area contributed by atoms with E-state index >= 15 is 0 Å². The number of benzene rings is 2. The van der Waals surface area contributed by atoms with Gasteiger partial charge < -0.3 is 0 Å². The highest BCUT2D eigenvalue weighted by Gasteiger charge is 2.17. The average molecular weight is 208 g/mol. The van der Waals surface area contributed by atoms with E-state index in [-0.39, 0.29) is 0 Å². The van der Waals surface area contributed by atoms with Gasteiger partial charge in [-0.15, -0.1) is 0 Å². The molecule has 0 bridgehead atoms. The van der Waals surface area contributed by atoms with Crippen molar-refractivity contribution in [2.24, 2.45) is 0 Å². The smallest absolute Gasteiger partial charge is 0.00134 e. The second-order valence-electron chi connectivity index (χ2n) is 4.91. The van der Waals surface area contributed by atoms with Gasteiger partial charge in [0.1, 0.15) is 0 Å². The minimum atomic E-state index is 0.619. The summed E-state index contributed by atoms with van der Waals surface area (Å²) in [6.45, 7) is 4.51. The Morgan fingerprint density at radius 3 is 2.44 bits per heavy atom. The van der Waals surface area contributed by atoms with Crippen LogP contribution in [0.4, 0.5) is 0 Å². The minimum Gasteiger partial charge on any atom is -0.0619 e. The highest BCUT2D eigenvalue weighted by atomic mass is 14.2. The maximum atomic E-state index is 2.38. The lowest BCUT2D eigenvalue weighted by Crippen LogP contribution is -1.89. The fraction of sp³-hybridized carbons (Fsp3) is 0.250. The monoisotopic (exact) mass is 208 g/mol. The molecule has 3 rings (SSSR count). The van der Waals surface area contributed by atoms with Gasteiger partial charge in [0.05, 0.1) is 0 Å². The zero-order chi connectivity index (χ0) is 11.1. The summed E-state index contributed by atoms with van der Waals surface area (Å²) >= 11 is 0. The van der Waals surface area contributed by atoms with Gasteiger partial charge in [-0.2, -0.15) is 0 Å². The van der Waals surface area contributed by atoms with Gasteiger partial charge in [0.2, 0.25) is 0 Å². The SMILES string of the molecule is CC(C)c1ccc2c(c1)Cc1ccccc1-2. The Morgan fingerprint density at radius 1 is 0.875 bits per heavy atom. The number of fused-ring (bicyclic) bond motifs is 3. The van der Waals surface area contributed by atoms with Crippen LogP contribution in [0.2, 0.25) is 0 Å². The van der Waals surface area contributed by atoms with Crippen molar-refractivity contribution in [1.29, 1.82) is 0 Å². The first-order chi connectivity index (χ1) is 7.75. The fourth-order valence-corrected chi connectivity index (χ4v) is 2.52. The number of hydrogen-bond acceptors (Lipinski definition) is 0. The zero-order valence-electron chi connectivity index (χ0n) is 9.83. The first kappa shape index (κ1) is 9.65. The summed E-state index contributed by atoms with van der Waals surface area (Å²) in [6.07, 6.45) is 1.10. The van der Waals surface area contributed by atoms with E-state index in [0.717, 1.165) is 6.42 Å². The molecule has 1 aliphatic carbocycles. The van der Waals surface area contributed by atoms with E-state index in [1.807, 2.05) is 0 Å². The van der Waals surface area contributed by atoms with Crippen LogP contribution in [0.5, 0.6) is 0 Å². The van der Waals surface area contributed by atoms with Crippen LogP contribution in [0, 0.1) is 0 Å². The molecule has 0 fully saturated rings. The zero-order valence-corrected chi connectivity index (χ0v) is 9.83. The van der Waals surface area contributed by atoms with Crippen LogP contribution in [0.25, 0.3) is 11.1 Å². The van der Waals surface area contributed by atoms with Crippen molar-refractivity contribution >= 4 is 0 Å². The third-order valence-corrected chi connectivity index (χ3v) is 3.48. The summed E-state index contributed by atoms with van der Waals surface area (Å²) in [5.41, 5.74) is 7.27. The molecule has 0 nitrogen and oxygen atoms in total. The summed E-state index contributed by atoms with van der Waals surface area (Å²) in [5.74, 6) is 0.619. The largest absolute Gasteiger partial charge is 0.0619 e. The van der Waals surface area contributed by atoms with Gasteiger partial charge in [0.15, 0.2) is 0 Å². The molecular formula is C16H16. The number of hydrogen-bond donors (Lipinski definition) is 0. The maximum Gasteiger partial charge on any atom is -0.00134 e. The molecule has 80 valence electrons. The third kappa shape index (κ3) is 1.37. The van der Waals surface area contributed by atoms with Crippen molar-refractivity contribution in [2.45, 2.75) is 26.2 Å². The summed E-state index contributed by atoms with van der Waals surface area (Å²) in [6, 6.07) is 15.7. The van der Waals surface area contributed by atoms with Crippen molar-refractivity contribution < 1.29 is 0 Å². The molecule has 16 heavy (non-hydrogen) atoms. The second-order valence-corrected chi connectivity index (χ2v) is 4.91. The summed E-state index contributed by atoms with van der Waals surface area (Å²) in [5, 5.41) is 0. The Kier molecular flexibility index (Phi) is 2.10. The number of rotatable bonds is 1. The van der Waals surface area contributed by atoms with E-state index in [9.17, 15) is 0 Å². The van der Waals surface area contributed by atoms with Crippen LogP contribution in [0.15, 0.2) is 42.5 Å². The van der Waals surface area contributed by atoms with Gasteiger partial charge in [-0.3, -0.25) is 0 Å². The Hall–Kier alpha value is -1.56. The lowest BCUT2D eigenvalue weighted by atomic mass is 9.97. The Balaban J connectivity index is 2.14. The maximum absolute atomic E-state index is 2.38. The van der Waals surface area contributed by atoms with E-state index in [4.69, 9.17) is 0 Å². The Bertz CT molecular complexity index is 535. The van der Waals surface area contributed by atoms with Gasteiger partial charge in [-0.05, 0) is 40.2 Å². The van der Waals surface area contributed by atoms with E-state index in [1.54, 1.807) is 0 Å². The first-order valence-electron chi connectivity index (χ1n) is 5.97. The van der Waals surface area contributed by atoms with Crippen LogP contribution < -0.4 is 0 Å². The van der Waals surface area contributed by atoms with Gasteiger partial charge in [0, 0.05) is 0 Å². The van der Waals surface area contributed by atoms with Crippen LogP contribution in [-0.2, 0) is 6.42 Å². The quantitative estimate of drug-likeness (QED) is 0.556. The van der Waals surface area contributed by atoms with Crippen LogP contribution in [0.1, 0.15) is 36.5 Å². The molecule has 0 heteroatoms. The highest BCUT2D eigenvalue weighted by Crippen LogP contribution is 2.37. The molecule has 0 unspecified atom stereocenters. The normalized spacial score (nSPS) is 12.7. The third-order valence-electron chi connectivity index (χ3n) is 3.48. The summed E-state index contributed by atoms with van der Waals surface area (Å²) in [4.78, 5) is 0. The standard InChI is InChI=1S/C16H16/c1-11(2)12-7-8-16-14(9-12)10-13-5-3-4-6-15(13)16/h3-9,11H,10H2,1-2H3. The van der Waals surface area contributed by atoms with Gasteiger partial charge >= 0.3 is 0 Å². The molecule has 0 aliphatic heterocycles. The molecular weight excluding hydrogens is 192 g/mol. The average Bonchev–Trinajstić information content (AvgIpc) is 2.66. The molecule has 2 aromatic carbocycles. The second kappa shape index (κ2) is 3.48. The molecule has 0 amide bonds. The van der Waals surface area contributed by atoms with Crippen LogP contribution in [-0.4, -0.2) is 0 Å². The molecule has 0 radical (unpaired) electrons. The summed E-state index contributed by atoms with van der Waals surface area (Å²) < 4.78 is 0. The van der Waals surface area contributed by atoms with Crippen molar-refractivity contribution in [3.63, 3.8) is 0 Å². The van der Waals surface area contributed by atoms with E-state index in [0.29, 0.717) is 5.92 Å².